The van der Waals surface area contributed by atoms with Crippen LogP contribution in [-0.2, 0) is 0 Å². The number of halogens is 1. The first kappa shape index (κ1) is 12.9. The molecule has 3 nitrogen and oxygen atoms in total. The van der Waals surface area contributed by atoms with Crippen molar-refractivity contribution < 1.29 is 4.74 Å². The minimum absolute atomic E-state index is 0.279. The minimum Gasteiger partial charge on any atom is -0.436 e. The Morgan fingerprint density at radius 2 is 1.60 bits per heavy atom. The summed E-state index contributed by atoms with van der Waals surface area (Å²) in [5.74, 6) is 1.04. The van der Waals surface area contributed by atoms with E-state index in [1.807, 2.05) is 50.2 Å². The number of aryl methyl sites for hydroxylation is 2. The summed E-state index contributed by atoms with van der Waals surface area (Å²) in [4.78, 5) is 8.54. The van der Waals surface area contributed by atoms with Gasteiger partial charge in [0.15, 0.2) is 5.15 Å². The van der Waals surface area contributed by atoms with Crippen molar-refractivity contribution in [1.82, 2.24) is 9.97 Å². The third-order valence-electron chi connectivity index (χ3n) is 3.17. The predicted octanol–water partition coefficient (Wildman–Crippen LogP) is 4.69. The molecule has 100 valence electrons. The Morgan fingerprint density at radius 3 is 2.40 bits per heavy atom. The molecule has 0 saturated heterocycles. The maximum absolute atomic E-state index is 6.07. The molecule has 0 atom stereocenters. The Bertz CT molecular complexity index is 787. The van der Waals surface area contributed by atoms with Crippen molar-refractivity contribution in [3.63, 3.8) is 0 Å². The Kier molecular flexibility index (Phi) is 3.28. The summed E-state index contributed by atoms with van der Waals surface area (Å²) in [6.07, 6.45) is 0. The van der Waals surface area contributed by atoms with Gasteiger partial charge in [0.25, 0.3) is 5.88 Å². The van der Waals surface area contributed by atoms with Crippen LogP contribution in [0.5, 0.6) is 11.6 Å². The summed E-state index contributed by atoms with van der Waals surface area (Å²) < 4.78 is 5.75. The molecular weight excluding hydrogens is 272 g/mol. The van der Waals surface area contributed by atoms with Crippen molar-refractivity contribution in [3.05, 3.63) is 59.0 Å². The van der Waals surface area contributed by atoms with E-state index in [-0.39, 0.29) is 5.15 Å². The van der Waals surface area contributed by atoms with Gasteiger partial charge in [-0.25, -0.2) is 9.97 Å². The number of benzene rings is 2. The molecule has 0 bridgehead atoms. The van der Waals surface area contributed by atoms with Crippen LogP contribution in [0, 0.1) is 13.8 Å². The zero-order valence-electron chi connectivity index (χ0n) is 11.2. The fourth-order valence-electron chi connectivity index (χ4n) is 1.96. The molecule has 0 unspecified atom stereocenters. The van der Waals surface area contributed by atoms with Crippen LogP contribution < -0.4 is 4.74 Å². The van der Waals surface area contributed by atoms with Crippen LogP contribution in [-0.4, -0.2) is 9.97 Å². The van der Waals surface area contributed by atoms with Crippen LogP contribution >= 0.6 is 11.6 Å². The quantitative estimate of drug-likeness (QED) is 0.684. The SMILES string of the molecule is Cc1nc(Cl)c(Oc2ccc3ccccc3c2)nc1C. The van der Waals surface area contributed by atoms with Crippen molar-refractivity contribution in [3.8, 4) is 11.6 Å². The normalized spacial score (nSPS) is 10.8. The van der Waals surface area contributed by atoms with E-state index in [9.17, 15) is 0 Å². The van der Waals surface area contributed by atoms with Crippen molar-refractivity contribution in [1.29, 1.82) is 0 Å². The monoisotopic (exact) mass is 284 g/mol. The molecule has 0 radical (unpaired) electrons. The number of ether oxygens (including phenoxy) is 1. The predicted molar refractivity (Wildman–Crippen MR) is 80.5 cm³/mol. The molecule has 0 amide bonds. The van der Waals surface area contributed by atoms with Crippen molar-refractivity contribution in [2.75, 3.05) is 0 Å². The van der Waals surface area contributed by atoms with E-state index >= 15 is 0 Å². The molecule has 3 rings (SSSR count). The highest BCUT2D eigenvalue weighted by Gasteiger charge is 2.09. The molecule has 0 spiro atoms. The zero-order chi connectivity index (χ0) is 14.1. The van der Waals surface area contributed by atoms with Crippen LogP contribution in [0.3, 0.4) is 0 Å². The molecule has 1 aromatic heterocycles. The van der Waals surface area contributed by atoms with E-state index in [1.54, 1.807) is 0 Å². The molecule has 0 saturated carbocycles. The highest BCUT2D eigenvalue weighted by molar-refractivity contribution is 6.30. The van der Waals surface area contributed by atoms with Crippen molar-refractivity contribution in [2.24, 2.45) is 0 Å². The van der Waals surface area contributed by atoms with Crippen LogP contribution in [0.2, 0.25) is 5.15 Å². The highest BCUT2D eigenvalue weighted by atomic mass is 35.5. The highest BCUT2D eigenvalue weighted by Crippen LogP contribution is 2.28. The number of rotatable bonds is 2. The molecule has 20 heavy (non-hydrogen) atoms. The first-order valence-corrected chi connectivity index (χ1v) is 6.69. The topological polar surface area (TPSA) is 35.0 Å². The Morgan fingerprint density at radius 1 is 0.900 bits per heavy atom. The van der Waals surface area contributed by atoms with Gasteiger partial charge in [-0.15, -0.1) is 0 Å². The van der Waals surface area contributed by atoms with E-state index in [4.69, 9.17) is 16.3 Å². The first-order valence-electron chi connectivity index (χ1n) is 6.31. The minimum atomic E-state index is 0.279. The standard InChI is InChI=1S/C16H13ClN2O/c1-10-11(2)19-16(15(17)18-10)20-14-8-7-12-5-3-4-6-13(12)9-14/h3-9H,1-2H3. The number of fused-ring (bicyclic) bond motifs is 1. The van der Waals surface area contributed by atoms with Crippen LogP contribution in [0.25, 0.3) is 10.8 Å². The lowest BCUT2D eigenvalue weighted by Gasteiger charge is -2.09. The lowest BCUT2D eigenvalue weighted by atomic mass is 10.1. The fourth-order valence-corrected chi connectivity index (χ4v) is 2.17. The largest absolute Gasteiger partial charge is 0.436 e. The summed E-state index contributed by atoms with van der Waals surface area (Å²) in [7, 11) is 0. The van der Waals surface area contributed by atoms with Gasteiger partial charge < -0.3 is 4.74 Å². The van der Waals surface area contributed by atoms with Gasteiger partial charge in [0.1, 0.15) is 5.75 Å². The van der Waals surface area contributed by atoms with Crippen LogP contribution in [0.1, 0.15) is 11.4 Å². The second kappa shape index (κ2) is 5.10. The molecule has 4 heteroatoms. The van der Waals surface area contributed by atoms with Gasteiger partial charge in [-0.1, -0.05) is 41.9 Å². The molecule has 0 N–H and O–H groups in total. The molecule has 0 aliphatic heterocycles. The maximum atomic E-state index is 6.07. The number of nitrogens with zero attached hydrogens (tertiary/aromatic N) is 2. The number of hydrogen-bond donors (Lipinski definition) is 0. The van der Waals surface area contributed by atoms with Gasteiger partial charge in [-0.05, 0) is 36.8 Å². The van der Waals surface area contributed by atoms with Gasteiger partial charge in [-0.2, -0.15) is 0 Å². The lowest BCUT2D eigenvalue weighted by Crippen LogP contribution is -1.97. The third kappa shape index (κ3) is 2.45. The fraction of sp³-hybridized carbons (Fsp3) is 0.125. The number of aromatic nitrogens is 2. The summed E-state index contributed by atoms with van der Waals surface area (Å²) in [5, 5.41) is 2.55. The molecular formula is C16H13ClN2O. The van der Waals surface area contributed by atoms with Gasteiger partial charge in [0.2, 0.25) is 0 Å². The van der Waals surface area contributed by atoms with Crippen LogP contribution in [0.4, 0.5) is 0 Å². The van der Waals surface area contributed by atoms with Crippen LogP contribution in [0.15, 0.2) is 42.5 Å². The summed E-state index contributed by atoms with van der Waals surface area (Å²) in [6.45, 7) is 3.75. The molecule has 1 heterocycles. The molecule has 3 aromatic rings. The van der Waals surface area contributed by atoms with Gasteiger partial charge in [-0.3, -0.25) is 0 Å². The molecule has 0 aliphatic carbocycles. The van der Waals surface area contributed by atoms with E-state index in [2.05, 4.69) is 16.0 Å². The average molecular weight is 285 g/mol. The van der Waals surface area contributed by atoms with E-state index in [1.165, 1.54) is 0 Å². The van der Waals surface area contributed by atoms with Crippen molar-refractivity contribution >= 4 is 22.4 Å². The van der Waals surface area contributed by atoms with Gasteiger partial charge >= 0.3 is 0 Å². The van der Waals surface area contributed by atoms with Gasteiger partial charge in [0, 0.05) is 0 Å². The summed E-state index contributed by atoms with van der Waals surface area (Å²) in [5.41, 5.74) is 1.62. The Labute approximate surface area is 122 Å². The summed E-state index contributed by atoms with van der Waals surface area (Å²) >= 11 is 6.07. The lowest BCUT2D eigenvalue weighted by molar-refractivity contribution is 0.459. The van der Waals surface area contributed by atoms with E-state index in [0.29, 0.717) is 11.6 Å². The summed E-state index contributed by atoms with van der Waals surface area (Å²) in [6, 6.07) is 14.0. The molecule has 0 aliphatic rings. The molecule has 2 aromatic carbocycles. The van der Waals surface area contributed by atoms with E-state index in [0.717, 1.165) is 22.2 Å². The zero-order valence-corrected chi connectivity index (χ0v) is 12.0. The second-order valence-electron chi connectivity index (χ2n) is 4.60. The van der Waals surface area contributed by atoms with Gasteiger partial charge in [0.05, 0.1) is 11.4 Å². The Hall–Kier alpha value is -2.13. The molecule has 0 fully saturated rings. The smallest absolute Gasteiger partial charge is 0.257 e. The second-order valence-corrected chi connectivity index (χ2v) is 4.96. The third-order valence-corrected chi connectivity index (χ3v) is 3.42. The Balaban J connectivity index is 1.99. The van der Waals surface area contributed by atoms with E-state index < -0.39 is 0 Å². The average Bonchev–Trinajstić information content (AvgIpc) is 2.44. The number of hydrogen-bond acceptors (Lipinski definition) is 3. The maximum Gasteiger partial charge on any atom is 0.257 e. The van der Waals surface area contributed by atoms with Crippen molar-refractivity contribution in [2.45, 2.75) is 13.8 Å². The first-order chi connectivity index (χ1) is 9.63.